The van der Waals surface area contributed by atoms with Crippen LogP contribution in [-0.4, -0.2) is 22.9 Å². The average Bonchev–Trinajstić information content (AvgIpc) is 2.70. The quantitative estimate of drug-likeness (QED) is 0.703. The number of carboxylic acid groups (broad SMARTS) is 1. The molecule has 0 radical (unpaired) electrons. The molecular formula is C21H20F2N2O4. The molecule has 3 rings (SSSR count). The first kappa shape index (κ1) is 20.4. The Morgan fingerprint density at radius 3 is 2.28 bits per heavy atom. The molecule has 0 aromatic heterocycles. The van der Waals surface area contributed by atoms with Crippen LogP contribution < -0.4 is 10.6 Å². The number of nitrogens with one attached hydrogen (secondary N) is 2. The van der Waals surface area contributed by atoms with E-state index in [1.807, 2.05) is 0 Å². The smallest absolute Gasteiger partial charge is 0.307 e. The molecule has 1 fully saturated rings. The van der Waals surface area contributed by atoms with Crippen LogP contribution in [0.25, 0.3) is 0 Å². The highest BCUT2D eigenvalue weighted by Gasteiger charge is 2.36. The molecule has 1 aliphatic carbocycles. The first-order chi connectivity index (χ1) is 13.9. The largest absolute Gasteiger partial charge is 0.481 e. The van der Waals surface area contributed by atoms with Crippen LogP contribution in [0, 0.1) is 23.5 Å². The van der Waals surface area contributed by atoms with Gasteiger partial charge in [0.15, 0.2) is 0 Å². The van der Waals surface area contributed by atoms with Crippen LogP contribution in [0.1, 0.15) is 36.0 Å². The molecule has 0 saturated heterocycles. The Hall–Kier alpha value is -3.29. The summed E-state index contributed by atoms with van der Waals surface area (Å²) in [5.74, 6) is -5.32. The van der Waals surface area contributed by atoms with Crippen molar-refractivity contribution in [2.45, 2.75) is 25.7 Å². The average molecular weight is 402 g/mol. The lowest BCUT2D eigenvalue weighted by Gasteiger charge is -2.27. The van der Waals surface area contributed by atoms with Crippen molar-refractivity contribution in [2.24, 2.45) is 11.8 Å². The molecule has 0 unspecified atom stereocenters. The molecule has 3 N–H and O–H groups in total. The zero-order chi connectivity index (χ0) is 21.0. The second kappa shape index (κ2) is 8.81. The van der Waals surface area contributed by atoms with E-state index in [-0.39, 0.29) is 16.9 Å². The maximum absolute atomic E-state index is 13.8. The SMILES string of the molecule is O=C(Nc1ccc(F)cc1F)c1ccccc1NC(=O)[C@H]1CCCC[C@@H]1C(=O)O. The van der Waals surface area contributed by atoms with Crippen LogP contribution in [0.5, 0.6) is 0 Å². The zero-order valence-electron chi connectivity index (χ0n) is 15.5. The summed E-state index contributed by atoms with van der Waals surface area (Å²) in [6, 6.07) is 8.91. The van der Waals surface area contributed by atoms with Gasteiger partial charge in [-0.3, -0.25) is 14.4 Å². The Labute approximate surface area is 165 Å². The van der Waals surface area contributed by atoms with E-state index >= 15 is 0 Å². The van der Waals surface area contributed by atoms with Gasteiger partial charge in [-0.1, -0.05) is 25.0 Å². The lowest BCUT2D eigenvalue weighted by Crippen LogP contribution is -2.36. The number of amides is 2. The fraction of sp³-hybridized carbons (Fsp3) is 0.286. The maximum atomic E-state index is 13.8. The van der Waals surface area contributed by atoms with E-state index in [0.29, 0.717) is 18.9 Å². The van der Waals surface area contributed by atoms with Crippen LogP contribution in [0.4, 0.5) is 20.2 Å². The number of halogens is 2. The molecule has 6 nitrogen and oxygen atoms in total. The summed E-state index contributed by atoms with van der Waals surface area (Å²) in [5.41, 5.74) is 0.0650. The highest BCUT2D eigenvalue weighted by Crippen LogP contribution is 2.31. The second-order valence-corrected chi connectivity index (χ2v) is 6.95. The second-order valence-electron chi connectivity index (χ2n) is 6.95. The Balaban J connectivity index is 1.78. The molecule has 29 heavy (non-hydrogen) atoms. The molecule has 152 valence electrons. The molecule has 2 amide bonds. The summed E-state index contributed by atoms with van der Waals surface area (Å²) in [6.45, 7) is 0. The molecule has 0 aliphatic heterocycles. The van der Waals surface area contributed by atoms with Crippen LogP contribution in [0.15, 0.2) is 42.5 Å². The minimum Gasteiger partial charge on any atom is -0.481 e. The molecule has 0 bridgehead atoms. The first-order valence-electron chi connectivity index (χ1n) is 9.26. The van der Waals surface area contributed by atoms with Gasteiger partial charge < -0.3 is 15.7 Å². The lowest BCUT2D eigenvalue weighted by atomic mass is 9.78. The van der Waals surface area contributed by atoms with Gasteiger partial charge in [0.2, 0.25) is 5.91 Å². The van der Waals surface area contributed by atoms with Crippen LogP contribution >= 0.6 is 0 Å². The van der Waals surface area contributed by atoms with E-state index in [2.05, 4.69) is 10.6 Å². The molecule has 2 aromatic rings. The Morgan fingerprint density at radius 1 is 0.897 bits per heavy atom. The normalized spacial score (nSPS) is 18.7. The van der Waals surface area contributed by atoms with Crippen molar-refractivity contribution in [1.82, 2.24) is 0 Å². The van der Waals surface area contributed by atoms with Crippen LogP contribution in [0.2, 0.25) is 0 Å². The number of benzene rings is 2. The number of hydrogen-bond donors (Lipinski definition) is 3. The number of carbonyl (C=O) groups is 3. The fourth-order valence-corrected chi connectivity index (χ4v) is 3.54. The molecule has 8 heteroatoms. The predicted octanol–water partition coefficient (Wildman–Crippen LogP) is 4.05. The van der Waals surface area contributed by atoms with Crippen molar-refractivity contribution < 1.29 is 28.3 Å². The van der Waals surface area contributed by atoms with Crippen LogP contribution in [0.3, 0.4) is 0 Å². The number of hydrogen-bond acceptors (Lipinski definition) is 3. The molecule has 1 aliphatic rings. The highest BCUT2D eigenvalue weighted by molar-refractivity contribution is 6.10. The van der Waals surface area contributed by atoms with Gasteiger partial charge in [-0.25, -0.2) is 8.78 Å². The van der Waals surface area contributed by atoms with Crippen molar-refractivity contribution >= 4 is 29.2 Å². The summed E-state index contributed by atoms with van der Waals surface area (Å²) in [7, 11) is 0. The lowest BCUT2D eigenvalue weighted by molar-refractivity contribution is -0.147. The first-order valence-corrected chi connectivity index (χ1v) is 9.26. The van der Waals surface area contributed by atoms with Gasteiger partial charge in [-0.2, -0.15) is 0 Å². The standard InChI is InChI=1S/C21H20F2N2O4/c22-12-9-10-18(16(23)11-12)25-20(27)15-7-3-4-8-17(15)24-19(26)13-5-1-2-6-14(13)21(28)29/h3-4,7-11,13-14H,1-2,5-6H2,(H,24,26)(H,25,27)(H,28,29)/t13-,14-/m0/s1. The molecule has 2 atom stereocenters. The molecule has 1 saturated carbocycles. The van der Waals surface area contributed by atoms with Crippen molar-refractivity contribution in [1.29, 1.82) is 0 Å². The van der Waals surface area contributed by atoms with E-state index in [1.54, 1.807) is 12.1 Å². The van der Waals surface area contributed by atoms with E-state index in [1.165, 1.54) is 12.1 Å². The highest BCUT2D eigenvalue weighted by atomic mass is 19.1. The summed E-state index contributed by atoms with van der Waals surface area (Å²) >= 11 is 0. The van der Waals surface area contributed by atoms with E-state index in [4.69, 9.17) is 0 Å². The number of carboxylic acids is 1. The number of rotatable bonds is 5. The number of aliphatic carboxylic acids is 1. The Bertz CT molecular complexity index is 948. The summed E-state index contributed by atoms with van der Waals surface area (Å²) in [5, 5.41) is 14.4. The molecule has 2 aromatic carbocycles. The third kappa shape index (κ3) is 4.77. The maximum Gasteiger partial charge on any atom is 0.307 e. The van der Waals surface area contributed by atoms with Crippen molar-refractivity contribution in [3.63, 3.8) is 0 Å². The van der Waals surface area contributed by atoms with E-state index in [9.17, 15) is 28.3 Å². The Kier molecular flexibility index (Phi) is 6.21. The topological polar surface area (TPSA) is 95.5 Å². The minimum absolute atomic E-state index is 0.0762. The van der Waals surface area contributed by atoms with Gasteiger partial charge in [0.25, 0.3) is 5.91 Å². The van der Waals surface area contributed by atoms with E-state index in [0.717, 1.165) is 25.0 Å². The van der Waals surface area contributed by atoms with E-state index < -0.39 is 41.3 Å². The van der Waals surface area contributed by atoms with Crippen molar-refractivity contribution in [3.05, 3.63) is 59.7 Å². The summed E-state index contributed by atoms with van der Waals surface area (Å²) < 4.78 is 26.9. The monoisotopic (exact) mass is 402 g/mol. The Morgan fingerprint density at radius 2 is 1.59 bits per heavy atom. The van der Waals surface area contributed by atoms with Gasteiger partial charge >= 0.3 is 5.97 Å². The fourth-order valence-electron chi connectivity index (χ4n) is 3.54. The summed E-state index contributed by atoms with van der Waals surface area (Å²) in [6.07, 6.45) is 2.40. The third-order valence-electron chi connectivity index (χ3n) is 5.03. The molecule has 0 spiro atoms. The number of carbonyl (C=O) groups excluding carboxylic acids is 2. The minimum atomic E-state index is -1.01. The number of anilines is 2. The third-order valence-corrected chi connectivity index (χ3v) is 5.03. The molecule has 0 heterocycles. The van der Waals surface area contributed by atoms with Gasteiger partial charge in [0.05, 0.1) is 28.8 Å². The van der Waals surface area contributed by atoms with Gasteiger partial charge in [0, 0.05) is 6.07 Å². The summed E-state index contributed by atoms with van der Waals surface area (Å²) in [4.78, 5) is 36.7. The zero-order valence-corrected chi connectivity index (χ0v) is 15.5. The predicted molar refractivity (Wildman–Crippen MR) is 102 cm³/mol. The van der Waals surface area contributed by atoms with Gasteiger partial charge in [0.1, 0.15) is 11.6 Å². The number of para-hydroxylation sites is 1. The van der Waals surface area contributed by atoms with Crippen molar-refractivity contribution in [2.75, 3.05) is 10.6 Å². The van der Waals surface area contributed by atoms with Crippen LogP contribution in [-0.2, 0) is 9.59 Å². The van der Waals surface area contributed by atoms with Gasteiger partial charge in [-0.15, -0.1) is 0 Å². The van der Waals surface area contributed by atoms with Crippen molar-refractivity contribution in [3.8, 4) is 0 Å². The van der Waals surface area contributed by atoms with Gasteiger partial charge in [-0.05, 0) is 37.1 Å². The molecular weight excluding hydrogens is 382 g/mol.